The van der Waals surface area contributed by atoms with E-state index in [1.165, 1.54) is 0 Å². The summed E-state index contributed by atoms with van der Waals surface area (Å²) in [7, 11) is 1.86. The van der Waals surface area contributed by atoms with Gasteiger partial charge in [-0.05, 0) is 62.2 Å². The van der Waals surface area contributed by atoms with E-state index in [0.717, 1.165) is 68.6 Å². The van der Waals surface area contributed by atoms with E-state index in [9.17, 15) is 9.59 Å². The average molecular weight is 461 g/mol. The van der Waals surface area contributed by atoms with Crippen LogP contribution >= 0.6 is 0 Å². The Morgan fingerprint density at radius 1 is 1.03 bits per heavy atom. The third-order valence-corrected chi connectivity index (χ3v) is 7.43. The molecule has 1 saturated carbocycles. The van der Waals surface area contributed by atoms with Gasteiger partial charge in [-0.1, -0.05) is 19.1 Å². The van der Waals surface area contributed by atoms with Crippen molar-refractivity contribution in [2.75, 3.05) is 39.8 Å². The molecular formula is C27H32N4O3. The van der Waals surface area contributed by atoms with Gasteiger partial charge in [0, 0.05) is 56.3 Å². The molecule has 0 bridgehead atoms. The maximum Gasteiger partial charge on any atom is 0.253 e. The van der Waals surface area contributed by atoms with E-state index in [1.54, 1.807) is 0 Å². The highest BCUT2D eigenvalue weighted by Crippen LogP contribution is 2.32. The lowest BCUT2D eigenvalue weighted by molar-refractivity contribution is -0.137. The first-order valence-electron chi connectivity index (χ1n) is 12.3. The van der Waals surface area contributed by atoms with E-state index in [-0.39, 0.29) is 23.8 Å². The number of nitrogens with zero attached hydrogens (tertiary/aromatic N) is 4. The number of oxazole rings is 1. The monoisotopic (exact) mass is 460 g/mol. The fourth-order valence-electron chi connectivity index (χ4n) is 5.20. The molecule has 2 aliphatic rings. The van der Waals surface area contributed by atoms with Crippen molar-refractivity contribution in [2.45, 2.75) is 32.2 Å². The summed E-state index contributed by atoms with van der Waals surface area (Å²) in [6.07, 6.45) is 2.47. The minimum atomic E-state index is -0.0150. The number of carbonyl (C=O) groups is 2. The standard InChI is InChI=1S/C27H32N4O3/c1-3-30-14-16-31(17-15-30)27(33)21-12-13-22(18-21)29(2)26(32)20-10-8-19(9-11-20)25-28-23-6-4-5-7-24(23)34-25/h4-11,21-22H,3,12-18H2,1-2H3/t21-,22+/m0/s1. The molecule has 2 fully saturated rings. The lowest BCUT2D eigenvalue weighted by Gasteiger charge is -2.35. The molecule has 1 saturated heterocycles. The van der Waals surface area contributed by atoms with E-state index in [0.29, 0.717) is 11.5 Å². The summed E-state index contributed by atoms with van der Waals surface area (Å²) in [5.74, 6) is 0.820. The van der Waals surface area contributed by atoms with Crippen LogP contribution in [0, 0.1) is 5.92 Å². The second kappa shape index (κ2) is 9.58. The lowest BCUT2D eigenvalue weighted by Crippen LogP contribution is -2.50. The van der Waals surface area contributed by atoms with Crippen LogP contribution in [0.4, 0.5) is 0 Å². The van der Waals surface area contributed by atoms with Crippen LogP contribution in [-0.4, -0.2) is 77.3 Å². The van der Waals surface area contributed by atoms with Gasteiger partial charge in [0.1, 0.15) is 5.52 Å². The first kappa shape index (κ1) is 22.6. The summed E-state index contributed by atoms with van der Waals surface area (Å²) in [5.41, 5.74) is 3.03. The van der Waals surface area contributed by atoms with E-state index in [4.69, 9.17) is 4.42 Å². The maximum atomic E-state index is 13.2. The molecule has 1 aromatic heterocycles. The first-order valence-corrected chi connectivity index (χ1v) is 12.3. The van der Waals surface area contributed by atoms with Crippen LogP contribution in [0.15, 0.2) is 52.9 Å². The van der Waals surface area contributed by atoms with Crippen molar-refractivity contribution in [3.05, 3.63) is 54.1 Å². The van der Waals surface area contributed by atoms with Crippen LogP contribution < -0.4 is 0 Å². The smallest absolute Gasteiger partial charge is 0.253 e. The molecule has 2 heterocycles. The molecule has 0 radical (unpaired) electrons. The predicted octanol–water partition coefficient (Wildman–Crippen LogP) is 3.90. The second-order valence-electron chi connectivity index (χ2n) is 9.40. The van der Waals surface area contributed by atoms with Crippen molar-refractivity contribution in [3.63, 3.8) is 0 Å². The van der Waals surface area contributed by atoms with Crippen LogP contribution in [0.3, 0.4) is 0 Å². The Hall–Kier alpha value is -3.19. The highest BCUT2D eigenvalue weighted by molar-refractivity contribution is 5.95. The molecule has 3 aromatic rings. The highest BCUT2D eigenvalue weighted by atomic mass is 16.3. The molecule has 0 spiro atoms. The Morgan fingerprint density at radius 2 is 1.76 bits per heavy atom. The van der Waals surface area contributed by atoms with E-state index in [2.05, 4.69) is 16.8 Å². The Bertz CT molecular complexity index is 1130. The molecule has 0 unspecified atom stereocenters. The fraction of sp³-hybridized carbons (Fsp3) is 0.444. The van der Waals surface area contributed by atoms with Crippen molar-refractivity contribution in [1.82, 2.24) is 19.7 Å². The number of hydrogen-bond donors (Lipinski definition) is 0. The molecule has 2 amide bonds. The van der Waals surface area contributed by atoms with E-state index < -0.39 is 0 Å². The number of hydrogen-bond acceptors (Lipinski definition) is 5. The quantitative estimate of drug-likeness (QED) is 0.578. The van der Waals surface area contributed by atoms with Crippen molar-refractivity contribution in [1.29, 1.82) is 0 Å². The van der Waals surface area contributed by atoms with Gasteiger partial charge in [0.05, 0.1) is 0 Å². The third kappa shape index (κ3) is 4.44. The molecule has 0 N–H and O–H groups in total. The highest BCUT2D eigenvalue weighted by Gasteiger charge is 2.36. The second-order valence-corrected chi connectivity index (χ2v) is 9.40. The molecule has 1 aliphatic carbocycles. The van der Waals surface area contributed by atoms with Gasteiger partial charge < -0.3 is 19.1 Å². The van der Waals surface area contributed by atoms with Gasteiger partial charge >= 0.3 is 0 Å². The van der Waals surface area contributed by atoms with E-state index >= 15 is 0 Å². The Morgan fingerprint density at radius 3 is 2.47 bits per heavy atom. The van der Waals surface area contributed by atoms with Crippen molar-refractivity contribution in [2.24, 2.45) is 5.92 Å². The lowest BCUT2D eigenvalue weighted by atomic mass is 10.0. The summed E-state index contributed by atoms with van der Waals surface area (Å²) in [5, 5.41) is 0. The minimum absolute atomic E-state index is 0.0150. The SMILES string of the molecule is CCN1CCN(C(=O)[C@H]2CC[C@@H](N(C)C(=O)c3ccc(-c4nc5ccccc5o4)cc3)C2)CC1. The number of aromatic nitrogens is 1. The fourth-order valence-corrected chi connectivity index (χ4v) is 5.20. The van der Waals surface area contributed by atoms with E-state index in [1.807, 2.05) is 65.4 Å². The number of para-hydroxylation sites is 2. The van der Waals surface area contributed by atoms with Crippen molar-refractivity contribution in [3.8, 4) is 11.5 Å². The van der Waals surface area contributed by atoms with Crippen molar-refractivity contribution < 1.29 is 14.0 Å². The van der Waals surface area contributed by atoms with Gasteiger partial charge in [0.2, 0.25) is 11.8 Å². The van der Waals surface area contributed by atoms with Crippen LogP contribution in [0.25, 0.3) is 22.6 Å². The Balaban J connectivity index is 1.20. The zero-order chi connectivity index (χ0) is 23.7. The molecule has 2 atom stereocenters. The number of piperazine rings is 1. The summed E-state index contributed by atoms with van der Waals surface area (Å²) in [6, 6.07) is 15.2. The number of rotatable bonds is 5. The van der Waals surface area contributed by atoms with Crippen LogP contribution in [0.5, 0.6) is 0 Å². The van der Waals surface area contributed by atoms with Gasteiger partial charge in [0.15, 0.2) is 5.58 Å². The summed E-state index contributed by atoms with van der Waals surface area (Å²) >= 11 is 0. The normalized spacial score (nSPS) is 21.2. The van der Waals surface area contributed by atoms with Gasteiger partial charge in [-0.15, -0.1) is 0 Å². The largest absolute Gasteiger partial charge is 0.436 e. The number of carbonyl (C=O) groups excluding carboxylic acids is 2. The molecular weight excluding hydrogens is 428 g/mol. The van der Waals surface area contributed by atoms with Crippen molar-refractivity contribution >= 4 is 22.9 Å². The third-order valence-electron chi connectivity index (χ3n) is 7.43. The van der Waals surface area contributed by atoms with Crippen LogP contribution in [0.1, 0.15) is 36.5 Å². The topological polar surface area (TPSA) is 69.9 Å². The van der Waals surface area contributed by atoms with Gasteiger partial charge in [0.25, 0.3) is 5.91 Å². The minimum Gasteiger partial charge on any atom is -0.436 e. The van der Waals surface area contributed by atoms with Gasteiger partial charge in [-0.2, -0.15) is 0 Å². The van der Waals surface area contributed by atoms with Crippen LogP contribution in [-0.2, 0) is 4.79 Å². The molecule has 34 heavy (non-hydrogen) atoms. The summed E-state index contributed by atoms with van der Waals surface area (Å²) in [4.78, 5) is 36.9. The van der Waals surface area contributed by atoms with Gasteiger partial charge in [-0.25, -0.2) is 4.98 Å². The molecule has 2 aromatic carbocycles. The molecule has 178 valence electrons. The molecule has 5 rings (SSSR count). The Kier molecular flexibility index (Phi) is 6.37. The summed E-state index contributed by atoms with van der Waals surface area (Å²) in [6.45, 7) is 6.74. The Labute approximate surface area is 200 Å². The zero-order valence-electron chi connectivity index (χ0n) is 19.9. The molecule has 7 heteroatoms. The number of likely N-dealkylation sites (N-methyl/N-ethyl adjacent to an activating group) is 1. The molecule has 1 aliphatic heterocycles. The number of fused-ring (bicyclic) bond motifs is 1. The number of amides is 2. The summed E-state index contributed by atoms with van der Waals surface area (Å²) < 4.78 is 5.83. The number of benzene rings is 2. The maximum absolute atomic E-state index is 13.2. The van der Waals surface area contributed by atoms with Gasteiger partial charge in [-0.3, -0.25) is 9.59 Å². The predicted molar refractivity (Wildman–Crippen MR) is 131 cm³/mol. The average Bonchev–Trinajstić information content (AvgIpc) is 3.55. The van der Waals surface area contributed by atoms with Crippen LogP contribution in [0.2, 0.25) is 0 Å². The molecule has 7 nitrogen and oxygen atoms in total. The zero-order valence-corrected chi connectivity index (χ0v) is 19.9. The first-order chi connectivity index (χ1) is 16.5.